The largest absolute Gasteiger partial charge is 0.379 e. The fourth-order valence-corrected chi connectivity index (χ4v) is 2.46. The first-order chi connectivity index (χ1) is 8.58. The van der Waals surface area contributed by atoms with Crippen molar-refractivity contribution in [2.45, 2.75) is 52.2 Å². The zero-order valence-corrected chi connectivity index (χ0v) is 11.8. The fourth-order valence-electron chi connectivity index (χ4n) is 2.46. The van der Waals surface area contributed by atoms with Crippen LogP contribution in [0.3, 0.4) is 0 Å². The van der Waals surface area contributed by atoms with Crippen LogP contribution in [0.4, 0.5) is 0 Å². The normalized spacial score (nSPS) is 28.4. The van der Waals surface area contributed by atoms with E-state index in [2.05, 4.69) is 19.2 Å². The summed E-state index contributed by atoms with van der Waals surface area (Å²) in [6.07, 6.45) is 3.84. The van der Waals surface area contributed by atoms with Crippen LogP contribution in [0, 0.1) is 11.8 Å². The summed E-state index contributed by atoms with van der Waals surface area (Å²) in [4.78, 5) is 14.0. The van der Waals surface area contributed by atoms with Gasteiger partial charge in [-0.3, -0.25) is 10.1 Å². The third-order valence-electron chi connectivity index (χ3n) is 3.69. The Morgan fingerprint density at radius 3 is 2.78 bits per heavy atom. The van der Waals surface area contributed by atoms with Crippen LogP contribution in [0.2, 0.25) is 0 Å². The highest BCUT2D eigenvalue weighted by molar-refractivity contribution is 5.83. The number of carbonyl (C=O) groups excluding carboxylic acids is 1. The molecular weight excluding hydrogens is 228 g/mol. The van der Waals surface area contributed by atoms with Gasteiger partial charge in [0.2, 0.25) is 5.91 Å². The topological polar surface area (TPSA) is 41.6 Å². The summed E-state index contributed by atoms with van der Waals surface area (Å²) in [5, 5.41) is 3.37. The van der Waals surface area contributed by atoms with E-state index in [1.54, 1.807) is 0 Å². The van der Waals surface area contributed by atoms with Gasteiger partial charge in [-0.1, -0.05) is 13.8 Å². The lowest BCUT2D eigenvalue weighted by atomic mass is 10.1. The Balaban J connectivity index is 1.75. The summed E-state index contributed by atoms with van der Waals surface area (Å²) in [5.74, 6) is 1.61. The summed E-state index contributed by atoms with van der Waals surface area (Å²) in [5.41, 5.74) is 0. The molecular formula is C14H26N2O2. The zero-order chi connectivity index (χ0) is 13.1. The molecule has 1 heterocycles. The average molecular weight is 254 g/mol. The van der Waals surface area contributed by atoms with Crippen molar-refractivity contribution in [2.24, 2.45) is 11.8 Å². The lowest BCUT2D eigenvalue weighted by molar-refractivity contribution is -0.130. The first kappa shape index (κ1) is 13.8. The maximum absolute atomic E-state index is 12.0. The number of hydrogen-bond donors (Lipinski definition) is 1. The molecule has 2 fully saturated rings. The van der Waals surface area contributed by atoms with Crippen LogP contribution in [0.5, 0.6) is 0 Å². The molecule has 0 radical (unpaired) electrons. The van der Waals surface area contributed by atoms with E-state index in [1.807, 2.05) is 11.8 Å². The monoisotopic (exact) mass is 254 g/mol. The van der Waals surface area contributed by atoms with Crippen LogP contribution in [0.25, 0.3) is 0 Å². The van der Waals surface area contributed by atoms with Crippen LogP contribution >= 0.6 is 0 Å². The third kappa shape index (κ3) is 3.69. The Morgan fingerprint density at radius 2 is 2.17 bits per heavy atom. The molecule has 2 rings (SSSR count). The molecule has 2 aliphatic rings. The minimum absolute atomic E-state index is 0.0443. The first-order valence-electron chi connectivity index (χ1n) is 7.22. The Kier molecular flexibility index (Phi) is 4.62. The van der Waals surface area contributed by atoms with Gasteiger partial charge in [0.05, 0.1) is 18.8 Å². The van der Waals surface area contributed by atoms with Crippen molar-refractivity contribution in [3.8, 4) is 0 Å². The molecule has 1 saturated carbocycles. The average Bonchev–Trinajstić information content (AvgIpc) is 3.06. The Hall–Kier alpha value is -0.610. The summed E-state index contributed by atoms with van der Waals surface area (Å²) >= 11 is 0. The van der Waals surface area contributed by atoms with Gasteiger partial charge >= 0.3 is 0 Å². The summed E-state index contributed by atoms with van der Waals surface area (Å²) < 4.78 is 5.63. The molecule has 0 aromatic carbocycles. The van der Waals surface area contributed by atoms with Crippen molar-refractivity contribution >= 4 is 5.91 Å². The number of ether oxygens (including phenoxy) is 1. The van der Waals surface area contributed by atoms with E-state index in [1.165, 1.54) is 12.8 Å². The van der Waals surface area contributed by atoms with Crippen LogP contribution in [0.15, 0.2) is 0 Å². The Bertz CT molecular complexity index is 290. The molecule has 4 nitrogen and oxygen atoms in total. The van der Waals surface area contributed by atoms with E-state index in [0.717, 1.165) is 25.5 Å². The third-order valence-corrected chi connectivity index (χ3v) is 3.69. The molecule has 18 heavy (non-hydrogen) atoms. The number of nitrogens with one attached hydrogen (secondary N) is 1. The van der Waals surface area contributed by atoms with Crippen LogP contribution in [0.1, 0.15) is 40.0 Å². The predicted octanol–water partition coefficient (Wildman–Crippen LogP) is 1.61. The smallest absolute Gasteiger partial charge is 0.240 e. The first-order valence-corrected chi connectivity index (χ1v) is 7.22. The van der Waals surface area contributed by atoms with E-state index in [4.69, 9.17) is 4.74 Å². The van der Waals surface area contributed by atoms with Crippen molar-refractivity contribution in [3.05, 3.63) is 0 Å². The standard InChI is InChI=1S/C14H26N2O2/c1-10(2)8-13-15-11(3)14(17)16(13)6-7-18-9-12-4-5-12/h10-13,15H,4-9H2,1-3H3. The Labute approximate surface area is 110 Å². The van der Waals surface area contributed by atoms with Gasteiger partial charge in [0.15, 0.2) is 0 Å². The SMILES string of the molecule is CC(C)CC1NC(C)C(=O)N1CCOCC1CC1. The molecule has 0 bridgehead atoms. The van der Waals surface area contributed by atoms with Gasteiger partial charge in [0, 0.05) is 13.2 Å². The van der Waals surface area contributed by atoms with Crippen LogP contribution in [-0.2, 0) is 9.53 Å². The second kappa shape index (κ2) is 6.02. The maximum Gasteiger partial charge on any atom is 0.240 e. The molecule has 1 aliphatic heterocycles. The van der Waals surface area contributed by atoms with Crippen molar-refractivity contribution in [1.82, 2.24) is 10.2 Å². The van der Waals surface area contributed by atoms with Gasteiger partial charge in [-0.2, -0.15) is 0 Å². The van der Waals surface area contributed by atoms with Gasteiger partial charge in [0.25, 0.3) is 0 Å². The molecule has 1 N–H and O–H groups in total. The molecule has 0 spiro atoms. The molecule has 1 saturated heterocycles. The van der Waals surface area contributed by atoms with E-state index in [9.17, 15) is 4.79 Å². The lowest BCUT2D eigenvalue weighted by Gasteiger charge is -2.25. The van der Waals surface area contributed by atoms with E-state index in [-0.39, 0.29) is 18.1 Å². The number of nitrogens with zero attached hydrogens (tertiary/aromatic N) is 1. The molecule has 4 heteroatoms. The van der Waals surface area contributed by atoms with Crippen molar-refractivity contribution < 1.29 is 9.53 Å². The van der Waals surface area contributed by atoms with Gasteiger partial charge in [-0.05, 0) is 38.0 Å². The molecule has 1 aliphatic carbocycles. The minimum atomic E-state index is -0.0443. The van der Waals surface area contributed by atoms with Crippen molar-refractivity contribution in [1.29, 1.82) is 0 Å². The summed E-state index contributed by atoms with van der Waals surface area (Å²) in [6, 6.07) is -0.0443. The second-order valence-corrected chi connectivity index (χ2v) is 6.08. The van der Waals surface area contributed by atoms with E-state index in [0.29, 0.717) is 12.5 Å². The number of rotatable bonds is 7. The second-order valence-electron chi connectivity index (χ2n) is 6.08. The molecule has 0 aromatic heterocycles. The number of hydrogen-bond acceptors (Lipinski definition) is 3. The Morgan fingerprint density at radius 1 is 1.44 bits per heavy atom. The van der Waals surface area contributed by atoms with Crippen LogP contribution in [-0.4, -0.2) is 42.8 Å². The molecule has 1 amide bonds. The van der Waals surface area contributed by atoms with E-state index < -0.39 is 0 Å². The summed E-state index contributed by atoms with van der Waals surface area (Å²) in [6.45, 7) is 8.60. The highest BCUT2D eigenvalue weighted by Gasteiger charge is 2.35. The van der Waals surface area contributed by atoms with Gasteiger partial charge in [0.1, 0.15) is 0 Å². The predicted molar refractivity (Wildman–Crippen MR) is 71.1 cm³/mol. The van der Waals surface area contributed by atoms with Crippen molar-refractivity contribution in [3.63, 3.8) is 0 Å². The maximum atomic E-state index is 12.0. The molecule has 0 aromatic rings. The van der Waals surface area contributed by atoms with Gasteiger partial charge in [-0.25, -0.2) is 0 Å². The number of carbonyl (C=O) groups is 1. The van der Waals surface area contributed by atoms with E-state index >= 15 is 0 Å². The van der Waals surface area contributed by atoms with Gasteiger partial charge < -0.3 is 9.64 Å². The minimum Gasteiger partial charge on any atom is -0.379 e. The fraction of sp³-hybridized carbons (Fsp3) is 0.929. The lowest BCUT2D eigenvalue weighted by Crippen LogP contribution is -2.40. The number of amides is 1. The molecule has 104 valence electrons. The quantitative estimate of drug-likeness (QED) is 0.702. The highest BCUT2D eigenvalue weighted by atomic mass is 16.5. The van der Waals surface area contributed by atoms with Crippen LogP contribution < -0.4 is 5.32 Å². The summed E-state index contributed by atoms with van der Waals surface area (Å²) in [7, 11) is 0. The van der Waals surface area contributed by atoms with Crippen molar-refractivity contribution in [2.75, 3.05) is 19.8 Å². The highest BCUT2D eigenvalue weighted by Crippen LogP contribution is 2.28. The molecule has 2 atom stereocenters. The van der Waals surface area contributed by atoms with Gasteiger partial charge in [-0.15, -0.1) is 0 Å². The zero-order valence-electron chi connectivity index (χ0n) is 11.8. The molecule has 2 unspecified atom stereocenters.